The van der Waals surface area contributed by atoms with Crippen LogP contribution >= 0.6 is 0 Å². The first-order valence-corrected chi connectivity index (χ1v) is 6.34. The molecule has 1 N–H and O–H groups in total. The zero-order valence-corrected chi connectivity index (χ0v) is 12.1. The Morgan fingerprint density at radius 1 is 1.26 bits per heavy atom. The molecule has 1 aromatic carbocycles. The van der Waals surface area contributed by atoms with Crippen LogP contribution in [0.3, 0.4) is 0 Å². The predicted molar refractivity (Wildman–Crippen MR) is 75.8 cm³/mol. The second-order valence-corrected chi connectivity index (χ2v) is 4.78. The average Bonchev–Trinajstić information content (AvgIpc) is 2.86. The van der Waals surface area contributed by atoms with Gasteiger partial charge in [0.1, 0.15) is 0 Å². The van der Waals surface area contributed by atoms with E-state index >= 15 is 0 Å². The van der Waals surface area contributed by atoms with E-state index in [0.717, 1.165) is 5.69 Å². The molecule has 102 valence electrons. The number of hydrogen-bond donors (Lipinski definition) is 1. The fraction of sp³-hybridized carbons (Fsp3) is 0.429. The van der Waals surface area contributed by atoms with Crippen LogP contribution in [0.5, 0.6) is 0 Å². The zero-order chi connectivity index (χ0) is 14.0. The highest BCUT2D eigenvalue weighted by molar-refractivity contribution is 5.60. The Balaban J connectivity index is 2.28. The first-order valence-electron chi connectivity index (χ1n) is 6.34. The van der Waals surface area contributed by atoms with E-state index < -0.39 is 0 Å². The van der Waals surface area contributed by atoms with Gasteiger partial charge >= 0.3 is 6.01 Å². The number of aromatic nitrogens is 2. The van der Waals surface area contributed by atoms with Gasteiger partial charge in [0.05, 0.1) is 6.04 Å². The average molecular weight is 260 g/mol. The van der Waals surface area contributed by atoms with Crippen molar-refractivity contribution < 1.29 is 4.42 Å². The Morgan fingerprint density at radius 3 is 2.63 bits per heavy atom. The summed E-state index contributed by atoms with van der Waals surface area (Å²) in [5.74, 6) is 0.592. The molecule has 0 saturated heterocycles. The summed E-state index contributed by atoms with van der Waals surface area (Å²) in [6, 6.07) is 6.83. The summed E-state index contributed by atoms with van der Waals surface area (Å²) in [5, 5.41) is 11.2. The molecule has 2 aromatic rings. The predicted octanol–water partition coefficient (Wildman–Crippen LogP) is 2.73. The van der Waals surface area contributed by atoms with Crippen LogP contribution in [-0.2, 0) is 0 Å². The lowest BCUT2D eigenvalue weighted by molar-refractivity contribution is 0.437. The molecule has 0 amide bonds. The van der Waals surface area contributed by atoms with E-state index in [9.17, 15) is 0 Å². The van der Waals surface area contributed by atoms with Crippen LogP contribution in [0, 0.1) is 13.8 Å². The Labute approximate surface area is 113 Å². The first-order chi connectivity index (χ1) is 9.02. The van der Waals surface area contributed by atoms with E-state index in [4.69, 9.17) is 4.42 Å². The van der Waals surface area contributed by atoms with E-state index in [0.29, 0.717) is 11.9 Å². The summed E-state index contributed by atoms with van der Waals surface area (Å²) in [4.78, 5) is 1.91. The Morgan fingerprint density at radius 2 is 2.00 bits per heavy atom. The Kier molecular flexibility index (Phi) is 3.85. The molecule has 0 radical (unpaired) electrons. The van der Waals surface area contributed by atoms with Crippen LogP contribution in [-0.4, -0.2) is 24.3 Å². The molecule has 0 fully saturated rings. The molecule has 1 atom stereocenters. The van der Waals surface area contributed by atoms with Crippen molar-refractivity contribution in [3.05, 3.63) is 35.2 Å². The van der Waals surface area contributed by atoms with Gasteiger partial charge < -0.3 is 9.73 Å². The molecule has 0 spiro atoms. The van der Waals surface area contributed by atoms with E-state index in [1.54, 1.807) is 0 Å². The minimum Gasteiger partial charge on any atom is -0.406 e. The molecular formula is C14H20N4O. The third kappa shape index (κ3) is 2.76. The van der Waals surface area contributed by atoms with Gasteiger partial charge in [-0.15, -0.1) is 5.10 Å². The largest absolute Gasteiger partial charge is 0.406 e. The van der Waals surface area contributed by atoms with Crippen molar-refractivity contribution in [3.8, 4) is 0 Å². The number of benzene rings is 1. The lowest BCUT2D eigenvalue weighted by atomic mass is 10.1. The van der Waals surface area contributed by atoms with Crippen LogP contribution < -0.4 is 10.2 Å². The normalized spacial score (nSPS) is 12.5. The molecule has 5 nitrogen and oxygen atoms in total. The molecule has 1 unspecified atom stereocenters. The van der Waals surface area contributed by atoms with E-state index in [2.05, 4.69) is 47.6 Å². The second kappa shape index (κ2) is 5.40. The highest BCUT2D eigenvalue weighted by Gasteiger charge is 2.16. The smallest absolute Gasteiger partial charge is 0.322 e. The second-order valence-electron chi connectivity index (χ2n) is 4.78. The minimum atomic E-state index is 0.0498. The lowest BCUT2D eigenvalue weighted by Gasteiger charge is -2.17. The van der Waals surface area contributed by atoms with Gasteiger partial charge in [-0.2, -0.15) is 0 Å². The van der Waals surface area contributed by atoms with Crippen LogP contribution in [0.1, 0.15) is 30.0 Å². The molecule has 1 heterocycles. The molecule has 2 rings (SSSR count). The van der Waals surface area contributed by atoms with Crippen molar-refractivity contribution in [1.82, 2.24) is 15.5 Å². The Bertz CT molecular complexity index is 564. The molecule has 19 heavy (non-hydrogen) atoms. The highest BCUT2D eigenvalue weighted by Crippen LogP contribution is 2.27. The molecule has 0 saturated carbocycles. The van der Waals surface area contributed by atoms with Crippen molar-refractivity contribution in [2.45, 2.75) is 26.8 Å². The number of nitrogens with zero attached hydrogens (tertiary/aromatic N) is 3. The van der Waals surface area contributed by atoms with E-state index in [-0.39, 0.29) is 6.04 Å². The van der Waals surface area contributed by atoms with Crippen LogP contribution in [0.25, 0.3) is 0 Å². The summed E-state index contributed by atoms with van der Waals surface area (Å²) in [6.07, 6.45) is 0. The van der Waals surface area contributed by atoms with E-state index in [1.165, 1.54) is 11.1 Å². The van der Waals surface area contributed by atoms with Gasteiger partial charge in [0.25, 0.3) is 0 Å². The Hall–Kier alpha value is -1.88. The maximum absolute atomic E-state index is 5.68. The highest BCUT2D eigenvalue weighted by atomic mass is 16.4. The lowest BCUT2D eigenvalue weighted by Crippen LogP contribution is -2.12. The monoisotopic (exact) mass is 260 g/mol. The van der Waals surface area contributed by atoms with Crippen LogP contribution in [0.2, 0.25) is 0 Å². The van der Waals surface area contributed by atoms with Crippen molar-refractivity contribution in [3.63, 3.8) is 0 Å². The third-order valence-electron chi connectivity index (χ3n) is 3.23. The summed E-state index contributed by atoms with van der Waals surface area (Å²) in [7, 11) is 3.79. The van der Waals surface area contributed by atoms with Crippen LogP contribution in [0.4, 0.5) is 11.7 Å². The minimum absolute atomic E-state index is 0.0498. The fourth-order valence-electron chi connectivity index (χ4n) is 1.95. The third-order valence-corrected chi connectivity index (χ3v) is 3.23. The summed E-state index contributed by atoms with van der Waals surface area (Å²) < 4.78 is 5.68. The molecular weight excluding hydrogens is 240 g/mol. The fourth-order valence-corrected chi connectivity index (χ4v) is 1.95. The maximum atomic E-state index is 5.68. The van der Waals surface area contributed by atoms with Gasteiger partial charge in [0.2, 0.25) is 5.89 Å². The molecule has 0 bridgehead atoms. The van der Waals surface area contributed by atoms with Crippen molar-refractivity contribution >= 4 is 11.7 Å². The van der Waals surface area contributed by atoms with Crippen molar-refractivity contribution in [2.75, 3.05) is 19.0 Å². The van der Waals surface area contributed by atoms with Crippen molar-refractivity contribution in [2.24, 2.45) is 0 Å². The zero-order valence-electron chi connectivity index (χ0n) is 12.1. The molecule has 0 aliphatic carbocycles. The molecule has 0 aliphatic rings. The molecule has 1 aromatic heterocycles. The number of rotatable bonds is 4. The summed E-state index contributed by atoms with van der Waals surface area (Å²) >= 11 is 0. The van der Waals surface area contributed by atoms with Gasteiger partial charge in [-0.25, -0.2) is 0 Å². The number of nitrogens with one attached hydrogen (secondary N) is 1. The SMILES string of the molecule is CNC(C)c1nnc(N(C)c2ccc(C)cc2C)o1. The quantitative estimate of drug-likeness (QED) is 0.916. The standard InChI is InChI=1S/C14H20N4O/c1-9-6-7-12(10(2)8-9)18(5)14-17-16-13(19-14)11(3)15-4/h6-8,11,15H,1-5H3. The number of aryl methyl sites for hydroxylation is 2. The maximum Gasteiger partial charge on any atom is 0.322 e. The van der Waals surface area contributed by atoms with Gasteiger partial charge in [0, 0.05) is 12.7 Å². The molecule has 0 aliphatic heterocycles. The number of anilines is 2. The van der Waals surface area contributed by atoms with Gasteiger partial charge in [-0.1, -0.05) is 22.8 Å². The van der Waals surface area contributed by atoms with Gasteiger partial charge in [-0.05, 0) is 39.4 Å². The molecule has 5 heteroatoms. The summed E-state index contributed by atoms with van der Waals surface area (Å²) in [6.45, 7) is 6.14. The van der Waals surface area contributed by atoms with Crippen LogP contribution in [0.15, 0.2) is 22.6 Å². The van der Waals surface area contributed by atoms with E-state index in [1.807, 2.05) is 25.9 Å². The number of hydrogen-bond acceptors (Lipinski definition) is 5. The summed E-state index contributed by atoms with van der Waals surface area (Å²) in [5.41, 5.74) is 3.49. The first kappa shape index (κ1) is 13.5. The topological polar surface area (TPSA) is 54.2 Å². The van der Waals surface area contributed by atoms with Gasteiger partial charge in [0.15, 0.2) is 0 Å². The van der Waals surface area contributed by atoms with Gasteiger partial charge in [-0.3, -0.25) is 4.90 Å². The van der Waals surface area contributed by atoms with Crippen molar-refractivity contribution in [1.29, 1.82) is 0 Å².